The highest BCUT2D eigenvalue weighted by Gasteiger charge is 2.58. The second-order valence-electron chi connectivity index (χ2n) is 9.79. The standard InChI is InChI=1S/C25H34N4O2.HI/c1-16-7-5-8-19(13-16)25(2,3)15-28-24(26-4)27-11-6-12-29-22(30)20-17-9-10-18(14-17)21(20)23(29)31;/h5,7-10,13,17-18,20-21H,6,11-12,14-15H2,1-4H3,(H2,26,27,28);1H. The Morgan fingerprint density at radius 2 is 1.78 bits per heavy atom. The minimum Gasteiger partial charge on any atom is -0.356 e. The Labute approximate surface area is 208 Å². The van der Waals surface area contributed by atoms with Gasteiger partial charge in [-0.1, -0.05) is 55.8 Å². The van der Waals surface area contributed by atoms with E-state index in [1.165, 1.54) is 16.0 Å². The summed E-state index contributed by atoms with van der Waals surface area (Å²) in [5, 5.41) is 6.73. The number of aryl methyl sites for hydroxylation is 1. The SMILES string of the molecule is CN=C(NCCCN1C(=O)C2C3C=CC(C3)C2C1=O)NCC(C)(C)c1cccc(C)c1.I. The van der Waals surface area contributed by atoms with Gasteiger partial charge >= 0.3 is 0 Å². The van der Waals surface area contributed by atoms with E-state index in [9.17, 15) is 9.59 Å². The maximum absolute atomic E-state index is 12.8. The first-order chi connectivity index (χ1) is 14.8. The second-order valence-corrected chi connectivity index (χ2v) is 9.79. The number of aliphatic imine (C=N–C) groups is 1. The largest absolute Gasteiger partial charge is 0.356 e. The van der Waals surface area contributed by atoms with Gasteiger partial charge in [-0.15, -0.1) is 24.0 Å². The van der Waals surface area contributed by atoms with Crippen LogP contribution < -0.4 is 10.6 Å². The van der Waals surface area contributed by atoms with Crippen molar-refractivity contribution in [3.05, 3.63) is 47.5 Å². The summed E-state index contributed by atoms with van der Waals surface area (Å²) in [5.41, 5.74) is 2.51. The summed E-state index contributed by atoms with van der Waals surface area (Å²) in [6, 6.07) is 8.58. The molecule has 2 aliphatic carbocycles. The van der Waals surface area contributed by atoms with Crippen LogP contribution in [0.1, 0.15) is 37.8 Å². The number of benzene rings is 1. The van der Waals surface area contributed by atoms with Gasteiger partial charge in [0.1, 0.15) is 0 Å². The van der Waals surface area contributed by atoms with Crippen LogP contribution in [0.2, 0.25) is 0 Å². The fraction of sp³-hybridized carbons (Fsp3) is 0.560. The summed E-state index contributed by atoms with van der Waals surface area (Å²) in [6.45, 7) is 8.41. The molecule has 2 amide bonds. The number of likely N-dealkylation sites (tertiary alicyclic amines) is 1. The predicted octanol–water partition coefficient (Wildman–Crippen LogP) is 3.25. The Morgan fingerprint density at radius 1 is 1.12 bits per heavy atom. The van der Waals surface area contributed by atoms with E-state index in [1.54, 1.807) is 7.05 Å². The summed E-state index contributed by atoms with van der Waals surface area (Å²) in [6.07, 6.45) is 5.96. The predicted molar refractivity (Wildman–Crippen MR) is 138 cm³/mol. The number of rotatable bonds is 7. The Kier molecular flexibility index (Phi) is 7.68. The van der Waals surface area contributed by atoms with E-state index in [0.717, 1.165) is 18.9 Å². The number of hydrogen-bond acceptors (Lipinski definition) is 3. The molecule has 1 aromatic rings. The van der Waals surface area contributed by atoms with E-state index in [1.807, 2.05) is 0 Å². The lowest BCUT2D eigenvalue weighted by Gasteiger charge is -2.27. The molecule has 7 heteroatoms. The van der Waals surface area contributed by atoms with Gasteiger partial charge < -0.3 is 10.6 Å². The van der Waals surface area contributed by atoms with E-state index < -0.39 is 0 Å². The Balaban J connectivity index is 0.00000289. The minimum atomic E-state index is -0.103. The molecule has 0 aromatic heterocycles. The smallest absolute Gasteiger partial charge is 0.233 e. The molecule has 2 N–H and O–H groups in total. The molecule has 4 unspecified atom stereocenters. The van der Waals surface area contributed by atoms with Crippen molar-refractivity contribution in [1.29, 1.82) is 0 Å². The van der Waals surface area contributed by atoms with Gasteiger partial charge in [0.05, 0.1) is 11.8 Å². The fourth-order valence-electron chi connectivity index (χ4n) is 5.32. The van der Waals surface area contributed by atoms with Gasteiger partial charge in [-0.3, -0.25) is 19.5 Å². The van der Waals surface area contributed by atoms with Crippen LogP contribution in [0.5, 0.6) is 0 Å². The van der Waals surface area contributed by atoms with Crippen molar-refractivity contribution < 1.29 is 9.59 Å². The van der Waals surface area contributed by atoms with Crippen molar-refractivity contribution in [3.63, 3.8) is 0 Å². The Hall–Kier alpha value is -1.90. The highest BCUT2D eigenvalue weighted by molar-refractivity contribution is 14.0. The maximum Gasteiger partial charge on any atom is 0.233 e. The zero-order valence-electron chi connectivity index (χ0n) is 19.4. The molecule has 1 aliphatic heterocycles. The van der Waals surface area contributed by atoms with Crippen LogP contribution in [-0.2, 0) is 15.0 Å². The van der Waals surface area contributed by atoms with Crippen molar-refractivity contribution >= 4 is 41.8 Å². The molecule has 6 nitrogen and oxygen atoms in total. The van der Waals surface area contributed by atoms with Crippen molar-refractivity contribution in [2.45, 2.75) is 39.0 Å². The summed E-state index contributed by atoms with van der Waals surface area (Å²) in [7, 11) is 1.76. The van der Waals surface area contributed by atoms with E-state index >= 15 is 0 Å². The summed E-state index contributed by atoms with van der Waals surface area (Å²) < 4.78 is 0. The van der Waals surface area contributed by atoms with Crippen molar-refractivity contribution in [2.75, 3.05) is 26.7 Å². The summed E-state index contributed by atoms with van der Waals surface area (Å²) in [4.78, 5) is 31.3. The zero-order valence-corrected chi connectivity index (χ0v) is 21.8. The summed E-state index contributed by atoms with van der Waals surface area (Å²) in [5.74, 6) is 1.15. The first-order valence-corrected chi connectivity index (χ1v) is 11.4. The highest BCUT2D eigenvalue weighted by atomic mass is 127. The number of guanidine groups is 1. The number of allylic oxidation sites excluding steroid dienone is 2. The molecule has 174 valence electrons. The maximum atomic E-state index is 12.8. The molecule has 3 aliphatic rings. The third kappa shape index (κ3) is 4.72. The third-order valence-corrected chi connectivity index (χ3v) is 7.13. The molecule has 1 heterocycles. The van der Waals surface area contributed by atoms with Gasteiger partial charge in [0, 0.05) is 32.1 Å². The number of imide groups is 1. The van der Waals surface area contributed by atoms with Crippen LogP contribution in [0.15, 0.2) is 41.4 Å². The van der Waals surface area contributed by atoms with Gasteiger partial charge in [-0.2, -0.15) is 0 Å². The lowest BCUT2D eigenvalue weighted by Crippen LogP contribution is -2.44. The van der Waals surface area contributed by atoms with Gasteiger partial charge in [-0.25, -0.2) is 0 Å². The Bertz CT molecular complexity index is 896. The van der Waals surface area contributed by atoms with Crippen LogP contribution in [0, 0.1) is 30.6 Å². The fourth-order valence-corrected chi connectivity index (χ4v) is 5.32. The van der Waals surface area contributed by atoms with Gasteiger partial charge in [0.15, 0.2) is 5.96 Å². The van der Waals surface area contributed by atoms with Gasteiger partial charge in [0.25, 0.3) is 0 Å². The minimum absolute atomic E-state index is 0. The average molecular weight is 550 g/mol. The first kappa shape index (κ1) is 24.7. The van der Waals surface area contributed by atoms with Gasteiger partial charge in [0.2, 0.25) is 11.8 Å². The topological polar surface area (TPSA) is 73.8 Å². The molecule has 2 bridgehead atoms. The van der Waals surface area contributed by atoms with Crippen molar-refractivity contribution in [2.24, 2.45) is 28.7 Å². The normalized spacial score (nSPS) is 26.4. The number of hydrogen-bond donors (Lipinski definition) is 2. The number of fused-ring (bicyclic) bond motifs is 5. The molecule has 0 spiro atoms. The van der Waals surface area contributed by atoms with E-state index in [4.69, 9.17) is 0 Å². The molecule has 0 radical (unpaired) electrons. The van der Waals surface area contributed by atoms with Gasteiger partial charge in [-0.05, 0) is 37.2 Å². The highest BCUT2D eigenvalue weighted by Crippen LogP contribution is 2.52. The molecular formula is C25H35IN4O2. The molecule has 1 saturated carbocycles. The molecule has 2 fully saturated rings. The molecular weight excluding hydrogens is 515 g/mol. The number of nitrogens with zero attached hydrogens (tertiary/aromatic N) is 2. The van der Waals surface area contributed by atoms with Crippen LogP contribution in [0.4, 0.5) is 0 Å². The molecule has 32 heavy (non-hydrogen) atoms. The number of carbonyl (C=O) groups is 2. The lowest BCUT2D eigenvalue weighted by atomic mass is 9.84. The van der Waals surface area contributed by atoms with E-state index in [2.05, 4.69) is 72.8 Å². The van der Waals surface area contributed by atoms with Crippen LogP contribution in [0.3, 0.4) is 0 Å². The number of halogens is 1. The molecule has 1 saturated heterocycles. The first-order valence-electron chi connectivity index (χ1n) is 11.4. The Morgan fingerprint density at radius 3 is 2.38 bits per heavy atom. The monoisotopic (exact) mass is 550 g/mol. The molecule has 4 rings (SSSR count). The second kappa shape index (κ2) is 9.93. The number of carbonyl (C=O) groups excluding carboxylic acids is 2. The molecule has 4 atom stereocenters. The van der Waals surface area contributed by atoms with Crippen molar-refractivity contribution in [3.8, 4) is 0 Å². The van der Waals surface area contributed by atoms with Crippen LogP contribution in [-0.4, -0.2) is 49.4 Å². The molecule has 1 aromatic carbocycles. The van der Waals surface area contributed by atoms with Crippen LogP contribution >= 0.6 is 24.0 Å². The number of nitrogens with one attached hydrogen (secondary N) is 2. The third-order valence-electron chi connectivity index (χ3n) is 7.13. The number of amides is 2. The average Bonchev–Trinajstić information content (AvgIpc) is 3.42. The van der Waals surface area contributed by atoms with Crippen LogP contribution in [0.25, 0.3) is 0 Å². The van der Waals surface area contributed by atoms with Crippen molar-refractivity contribution in [1.82, 2.24) is 15.5 Å². The summed E-state index contributed by atoms with van der Waals surface area (Å²) >= 11 is 0. The van der Waals surface area contributed by atoms with E-state index in [-0.39, 0.29) is 64.9 Å². The lowest BCUT2D eigenvalue weighted by molar-refractivity contribution is -0.140. The zero-order chi connectivity index (χ0) is 22.2. The van der Waals surface area contributed by atoms with E-state index in [0.29, 0.717) is 19.5 Å². The quantitative estimate of drug-likeness (QED) is 0.137.